The molecule has 6 heteroatoms. The summed E-state index contributed by atoms with van der Waals surface area (Å²) in [5.74, 6) is 1.39. The van der Waals surface area contributed by atoms with Gasteiger partial charge in [-0.15, -0.1) is 0 Å². The van der Waals surface area contributed by atoms with Crippen molar-refractivity contribution in [3.05, 3.63) is 83.8 Å². The monoisotopic (exact) mass is 592 g/mol. The van der Waals surface area contributed by atoms with E-state index >= 15 is 0 Å². The van der Waals surface area contributed by atoms with Crippen molar-refractivity contribution in [3.63, 3.8) is 0 Å². The number of amides is 1. The Balaban J connectivity index is 0.000000558. The number of rotatable bonds is 12. The Morgan fingerprint density at radius 1 is 1.07 bits per heavy atom. The highest BCUT2D eigenvalue weighted by molar-refractivity contribution is 5.64. The van der Waals surface area contributed by atoms with Gasteiger partial charge < -0.3 is 15.5 Å². The Bertz CT molecular complexity index is 988. The molecule has 3 heterocycles. The van der Waals surface area contributed by atoms with Gasteiger partial charge >= 0.3 is 0 Å². The van der Waals surface area contributed by atoms with Crippen LogP contribution in [-0.2, 0) is 9.59 Å². The largest absolute Gasteiger partial charge is 0.362 e. The number of likely N-dealkylation sites (tertiary alicyclic amines) is 2. The van der Waals surface area contributed by atoms with E-state index in [0.717, 1.165) is 50.7 Å². The summed E-state index contributed by atoms with van der Waals surface area (Å²) < 4.78 is 0. The first kappa shape index (κ1) is 38.1. The van der Waals surface area contributed by atoms with Crippen molar-refractivity contribution in [2.45, 2.75) is 85.6 Å². The van der Waals surface area contributed by atoms with Crippen molar-refractivity contribution in [1.29, 1.82) is 0 Å². The smallest absolute Gasteiger partial charge is 0.207 e. The second-order valence-electron chi connectivity index (χ2n) is 11.4. The van der Waals surface area contributed by atoms with Gasteiger partial charge in [0.1, 0.15) is 6.29 Å². The molecule has 2 saturated heterocycles. The highest BCUT2D eigenvalue weighted by Crippen LogP contribution is 2.33. The summed E-state index contributed by atoms with van der Waals surface area (Å²) in [6, 6.07) is 0.487. The summed E-state index contributed by atoms with van der Waals surface area (Å²) in [5, 5.41) is 6.55. The standard InChI is InChI=1S/C24H40N4O.C11H14O.C2H6/c1-4-5-23-19(2)6-7-22(16-26-23)20-10-14-28(15-11-20)24(17-25-18-29)21-8-12-27(3)13-9-21;1-3-11(2)9-7-5-4-6-8-10-12;1-2/h4-5,16,18,20-21,24,26H,6-15,17H2,1-3H3,(H,25,29);3,5-10H,1,4H2,2H3;1-2H3/b5-4-;7-5-,8-6+,11-9-;. The normalized spacial score (nSPS) is 20.4. The van der Waals surface area contributed by atoms with Crippen molar-refractivity contribution in [2.24, 2.45) is 11.8 Å². The van der Waals surface area contributed by atoms with E-state index < -0.39 is 0 Å². The topological polar surface area (TPSA) is 64.7 Å². The predicted molar refractivity (Wildman–Crippen MR) is 185 cm³/mol. The highest BCUT2D eigenvalue weighted by atomic mass is 16.1. The molecule has 3 aliphatic rings. The van der Waals surface area contributed by atoms with Crippen LogP contribution in [0.15, 0.2) is 83.8 Å². The summed E-state index contributed by atoms with van der Waals surface area (Å²) in [6.07, 6.45) is 27.3. The van der Waals surface area contributed by atoms with E-state index in [1.165, 1.54) is 62.5 Å². The maximum atomic E-state index is 11.0. The molecule has 0 aliphatic carbocycles. The van der Waals surface area contributed by atoms with E-state index in [9.17, 15) is 9.59 Å². The molecule has 0 radical (unpaired) electrons. The minimum Gasteiger partial charge on any atom is -0.362 e. The number of nitrogens with zero attached hydrogens (tertiary/aromatic N) is 2. The second kappa shape index (κ2) is 23.5. The van der Waals surface area contributed by atoms with E-state index in [1.54, 1.807) is 17.7 Å². The van der Waals surface area contributed by atoms with Crippen LogP contribution in [-0.4, -0.2) is 68.3 Å². The van der Waals surface area contributed by atoms with E-state index in [1.807, 2.05) is 39.0 Å². The zero-order valence-electron chi connectivity index (χ0n) is 28.0. The number of allylic oxidation sites excluding steroid dienone is 11. The van der Waals surface area contributed by atoms with Crippen LogP contribution in [0.1, 0.15) is 79.6 Å². The molecule has 6 nitrogen and oxygen atoms in total. The Kier molecular flexibility index (Phi) is 20.8. The van der Waals surface area contributed by atoms with Crippen LogP contribution >= 0.6 is 0 Å². The molecule has 0 spiro atoms. The van der Waals surface area contributed by atoms with Gasteiger partial charge in [0.05, 0.1) is 0 Å². The maximum Gasteiger partial charge on any atom is 0.207 e. The molecule has 0 saturated carbocycles. The molecule has 0 aromatic carbocycles. The van der Waals surface area contributed by atoms with Crippen molar-refractivity contribution < 1.29 is 9.59 Å². The lowest BCUT2D eigenvalue weighted by Crippen LogP contribution is -2.52. The van der Waals surface area contributed by atoms with Crippen LogP contribution in [0.3, 0.4) is 0 Å². The summed E-state index contributed by atoms with van der Waals surface area (Å²) in [7, 11) is 2.22. The molecule has 2 fully saturated rings. The average molecular weight is 593 g/mol. The zero-order chi connectivity index (χ0) is 31.9. The first-order valence-corrected chi connectivity index (χ1v) is 16.4. The molecule has 0 aromatic heterocycles. The molecule has 2 N–H and O–H groups in total. The van der Waals surface area contributed by atoms with Gasteiger partial charge in [0.2, 0.25) is 6.41 Å². The molecule has 43 heavy (non-hydrogen) atoms. The third-order valence-corrected chi connectivity index (χ3v) is 8.54. The summed E-state index contributed by atoms with van der Waals surface area (Å²) in [5.41, 5.74) is 5.44. The molecule has 0 aromatic rings. The van der Waals surface area contributed by atoms with Gasteiger partial charge in [0.15, 0.2) is 0 Å². The van der Waals surface area contributed by atoms with Gasteiger partial charge in [-0.05, 0) is 129 Å². The summed E-state index contributed by atoms with van der Waals surface area (Å²) >= 11 is 0. The Morgan fingerprint density at radius 3 is 2.35 bits per heavy atom. The lowest BCUT2D eigenvalue weighted by Gasteiger charge is -2.43. The number of nitrogens with one attached hydrogen (secondary N) is 2. The molecule has 240 valence electrons. The van der Waals surface area contributed by atoms with Crippen LogP contribution in [0.4, 0.5) is 0 Å². The predicted octanol–water partition coefficient (Wildman–Crippen LogP) is 7.12. The van der Waals surface area contributed by atoms with E-state index in [0.29, 0.717) is 17.9 Å². The van der Waals surface area contributed by atoms with Crippen molar-refractivity contribution in [1.82, 2.24) is 20.4 Å². The van der Waals surface area contributed by atoms with E-state index in [-0.39, 0.29) is 0 Å². The highest BCUT2D eigenvalue weighted by Gasteiger charge is 2.33. The van der Waals surface area contributed by atoms with Gasteiger partial charge in [0.25, 0.3) is 0 Å². The zero-order valence-corrected chi connectivity index (χ0v) is 28.0. The quantitative estimate of drug-likeness (QED) is 0.144. The van der Waals surface area contributed by atoms with Crippen LogP contribution in [0, 0.1) is 11.8 Å². The minimum atomic E-state index is 0.487. The van der Waals surface area contributed by atoms with E-state index in [4.69, 9.17) is 0 Å². The Morgan fingerprint density at radius 2 is 1.74 bits per heavy atom. The van der Waals surface area contributed by atoms with Crippen LogP contribution in [0.5, 0.6) is 0 Å². The maximum absolute atomic E-state index is 11.0. The molecular weight excluding hydrogens is 532 g/mol. The van der Waals surface area contributed by atoms with Crippen LogP contribution in [0.25, 0.3) is 0 Å². The molecule has 3 rings (SSSR count). The third kappa shape index (κ3) is 14.9. The molecule has 1 amide bonds. The second-order valence-corrected chi connectivity index (χ2v) is 11.4. The Labute approximate surface area is 263 Å². The van der Waals surface area contributed by atoms with Gasteiger partial charge in [-0.25, -0.2) is 0 Å². The van der Waals surface area contributed by atoms with Gasteiger partial charge in [0, 0.05) is 24.5 Å². The fourth-order valence-electron chi connectivity index (χ4n) is 5.87. The van der Waals surface area contributed by atoms with Gasteiger partial charge in [-0.1, -0.05) is 68.0 Å². The molecule has 1 atom stereocenters. The van der Waals surface area contributed by atoms with Gasteiger partial charge in [-0.3, -0.25) is 14.5 Å². The number of aldehydes is 1. The number of hydrogen-bond donors (Lipinski definition) is 2. The number of hydrogen-bond acceptors (Lipinski definition) is 5. The summed E-state index contributed by atoms with van der Waals surface area (Å²) in [6.45, 7) is 19.4. The Hall–Kier alpha value is -2.96. The fraction of sp³-hybridized carbons (Fsp3) is 0.568. The van der Waals surface area contributed by atoms with Crippen molar-refractivity contribution in [3.8, 4) is 0 Å². The molecule has 1 unspecified atom stereocenters. The van der Waals surface area contributed by atoms with Crippen LogP contribution < -0.4 is 10.6 Å². The first-order chi connectivity index (χ1) is 20.9. The molecule has 0 bridgehead atoms. The van der Waals surface area contributed by atoms with Crippen molar-refractivity contribution >= 4 is 12.7 Å². The third-order valence-electron chi connectivity index (χ3n) is 8.54. The van der Waals surface area contributed by atoms with Crippen molar-refractivity contribution in [2.75, 3.05) is 39.8 Å². The first-order valence-electron chi connectivity index (χ1n) is 16.4. The lowest BCUT2D eigenvalue weighted by molar-refractivity contribution is -0.110. The molecular formula is C37H60N4O2. The molecule has 3 aliphatic heterocycles. The van der Waals surface area contributed by atoms with Crippen LogP contribution in [0.2, 0.25) is 0 Å². The lowest BCUT2D eigenvalue weighted by atomic mass is 9.83. The number of carbonyl (C=O) groups excluding carboxylic acids is 2. The van der Waals surface area contributed by atoms with E-state index in [2.05, 4.69) is 66.3 Å². The summed E-state index contributed by atoms with van der Waals surface area (Å²) in [4.78, 5) is 25.9. The SMILES string of the molecule is C/C=C\C1=C(C)CCC(C2CCN(C(CNC=O)C3CCN(C)CC3)CC2)=CN1.C=C/C(C)=C\C=C/C/C=C/C=O.CC. The minimum absolute atomic E-state index is 0.487. The average Bonchev–Trinajstić information content (AvgIpc) is 3.22. The number of carbonyl (C=O) groups is 2. The number of piperidine rings is 2. The van der Waals surface area contributed by atoms with Gasteiger partial charge in [-0.2, -0.15) is 0 Å². The fourth-order valence-corrected chi connectivity index (χ4v) is 5.87.